The van der Waals surface area contributed by atoms with Gasteiger partial charge in [-0.3, -0.25) is 9.36 Å². The molecule has 0 saturated carbocycles. The van der Waals surface area contributed by atoms with Crippen LogP contribution >= 0.6 is 0 Å². The fourth-order valence-corrected chi connectivity index (χ4v) is 3.44. The molecular weight excluding hydrogens is 414 g/mol. The summed E-state index contributed by atoms with van der Waals surface area (Å²) < 4.78 is 30.3. The molecule has 0 radical (unpaired) electrons. The summed E-state index contributed by atoms with van der Waals surface area (Å²) in [6.45, 7) is -0.595. The lowest BCUT2D eigenvalue weighted by Gasteiger charge is -2.16. The number of rotatable bonds is 6. The molecule has 1 atom stereocenters. The SMILES string of the molecule is N[C@@H](Cn1c(=O)c(-c2ccccc2)nn(Cc2c(F)cccc2F)c1=O)c1ccccc1. The van der Waals surface area contributed by atoms with Crippen LogP contribution in [0.4, 0.5) is 8.78 Å². The average Bonchev–Trinajstić information content (AvgIpc) is 2.81. The van der Waals surface area contributed by atoms with Crippen molar-refractivity contribution < 1.29 is 8.78 Å². The summed E-state index contributed by atoms with van der Waals surface area (Å²) in [5.74, 6) is -1.61. The molecule has 0 unspecified atom stereocenters. The topological polar surface area (TPSA) is 82.9 Å². The lowest BCUT2D eigenvalue weighted by atomic mass is 10.1. The molecule has 0 aliphatic carbocycles. The lowest BCUT2D eigenvalue weighted by molar-refractivity contribution is 0.468. The molecule has 0 aliphatic rings. The second-order valence-electron chi connectivity index (χ2n) is 7.29. The summed E-state index contributed by atoms with van der Waals surface area (Å²) in [7, 11) is 0. The van der Waals surface area contributed by atoms with Crippen LogP contribution in [0.25, 0.3) is 11.3 Å². The van der Waals surface area contributed by atoms with E-state index in [2.05, 4.69) is 5.10 Å². The molecule has 1 aromatic heterocycles. The maximum absolute atomic E-state index is 14.2. The zero-order chi connectivity index (χ0) is 22.7. The number of benzene rings is 3. The van der Waals surface area contributed by atoms with Crippen LogP contribution in [0.3, 0.4) is 0 Å². The Balaban J connectivity index is 1.86. The molecule has 0 saturated heterocycles. The van der Waals surface area contributed by atoms with Crippen LogP contribution in [0.5, 0.6) is 0 Å². The first-order chi connectivity index (χ1) is 15.5. The summed E-state index contributed by atoms with van der Waals surface area (Å²) in [6.07, 6.45) is 0. The molecule has 32 heavy (non-hydrogen) atoms. The third-order valence-corrected chi connectivity index (χ3v) is 5.14. The Hall–Kier alpha value is -3.91. The normalized spacial score (nSPS) is 12.0. The van der Waals surface area contributed by atoms with Gasteiger partial charge in [-0.15, -0.1) is 0 Å². The predicted molar refractivity (Wildman–Crippen MR) is 117 cm³/mol. The van der Waals surface area contributed by atoms with Gasteiger partial charge in [0.25, 0.3) is 5.56 Å². The first-order valence-corrected chi connectivity index (χ1v) is 9.96. The van der Waals surface area contributed by atoms with Gasteiger partial charge in [0.05, 0.1) is 13.1 Å². The Morgan fingerprint density at radius 2 is 1.44 bits per heavy atom. The van der Waals surface area contributed by atoms with Gasteiger partial charge in [-0.25, -0.2) is 18.3 Å². The minimum Gasteiger partial charge on any atom is -0.322 e. The highest BCUT2D eigenvalue weighted by atomic mass is 19.1. The Morgan fingerprint density at radius 1 is 0.844 bits per heavy atom. The van der Waals surface area contributed by atoms with Crippen LogP contribution in [-0.2, 0) is 13.1 Å². The van der Waals surface area contributed by atoms with Crippen molar-refractivity contribution in [3.63, 3.8) is 0 Å². The zero-order valence-corrected chi connectivity index (χ0v) is 17.0. The van der Waals surface area contributed by atoms with Crippen molar-refractivity contribution in [2.45, 2.75) is 19.1 Å². The van der Waals surface area contributed by atoms with Crippen LogP contribution in [-0.4, -0.2) is 14.3 Å². The number of nitrogens with two attached hydrogens (primary N) is 1. The van der Waals surface area contributed by atoms with Crippen molar-refractivity contribution >= 4 is 0 Å². The van der Waals surface area contributed by atoms with Gasteiger partial charge in [0.2, 0.25) is 0 Å². The molecule has 2 N–H and O–H groups in total. The number of hydrogen-bond acceptors (Lipinski definition) is 4. The molecule has 0 bridgehead atoms. The summed E-state index contributed by atoms with van der Waals surface area (Å²) in [5, 5.41) is 4.16. The van der Waals surface area contributed by atoms with E-state index in [1.165, 1.54) is 6.07 Å². The molecule has 0 fully saturated rings. The largest absolute Gasteiger partial charge is 0.347 e. The van der Waals surface area contributed by atoms with Crippen molar-refractivity contribution in [2.24, 2.45) is 5.73 Å². The predicted octanol–water partition coefficient (Wildman–Crippen LogP) is 3.10. The van der Waals surface area contributed by atoms with Crippen molar-refractivity contribution in [3.05, 3.63) is 122 Å². The minimum absolute atomic E-state index is 0.0118. The monoisotopic (exact) mass is 434 g/mol. The molecule has 4 aromatic rings. The van der Waals surface area contributed by atoms with Crippen molar-refractivity contribution in [1.82, 2.24) is 14.3 Å². The van der Waals surface area contributed by atoms with E-state index < -0.39 is 35.5 Å². The van der Waals surface area contributed by atoms with E-state index in [0.29, 0.717) is 5.56 Å². The number of nitrogens with zero attached hydrogens (tertiary/aromatic N) is 3. The van der Waals surface area contributed by atoms with Gasteiger partial charge in [0.1, 0.15) is 11.6 Å². The molecule has 0 amide bonds. The Labute approximate surface area is 182 Å². The van der Waals surface area contributed by atoms with E-state index in [4.69, 9.17) is 5.73 Å². The molecule has 1 heterocycles. The van der Waals surface area contributed by atoms with E-state index in [1.54, 1.807) is 54.6 Å². The van der Waals surface area contributed by atoms with E-state index in [-0.39, 0.29) is 17.8 Å². The van der Waals surface area contributed by atoms with Gasteiger partial charge in [0.15, 0.2) is 5.69 Å². The second-order valence-corrected chi connectivity index (χ2v) is 7.29. The zero-order valence-electron chi connectivity index (χ0n) is 17.0. The van der Waals surface area contributed by atoms with Crippen molar-refractivity contribution in [1.29, 1.82) is 0 Å². The average molecular weight is 434 g/mol. The summed E-state index contributed by atoms with van der Waals surface area (Å²) in [6, 6.07) is 20.4. The smallest absolute Gasteiger partial charge is 0.322 e. The fourth-order valence-electron chi connectivity index (χ4n) is 3.44. The van der Waals surface area contributed by atoms with E-state index in [9.17, 15) is 18.4 Å². The first-order valence-electron chi connectivity index (χ1n) is 9.96. The molecule has 0 aliphatic heterocycles. The Morgan fingerprint density at radius 3 is 2.06 bits per heavy atom. The van der Waals surface area contributed by atoms with Gasteiger partial charge >= 0.3 is 5.69 Å². The van der Waals surface area contributed by atoms with Crippen molar-refractivity contribution in [3.8, 4) is 11.3 Å². The van der Waals surface area contributed by atoms with Crippen LogP contribution in [0, 0.1) is 11.6 Å². The first kappa shape index (κ1) is 21.3. The highest BCUT2D eigenvalue weighted by molar-refractivity contribution is 5.57. The lowest BCUT2D eigenvalue weighted by Crippen LogP contribution is -2.44. The molecule has 162 valence electrons. The van der Waals surface area contributed by atoms with Gasteiger partial charge in [-0.2, -0.15) is 5.10 Å². The highest BCUT2D eigenvalue weighted by Gasteiger charge is 2.19. The molecule has 8 heteroatoms. The van der Waals surface area contributed by atoms with Crippen LogP contribution in [0.15, 0.2) is 88.5 Å². The minimum atomic E-state index is -0.807. The molecule has 4 rings (SSSR count). The Kier molecular flexibility index (Phi) is 6.04. The second kappa shape index (κ2) is 9.07. The molecule has 0 spiro atoms. The molecular formula is C24H20F2N4O2. The maximum Gasteiger partial charge on any atom is 0.347 e. The highest BCUT2D eigenvalue weighted by Crippen LogP contribution is 2.15. The van der Waals surface area contributed by atoms with E-state index in [0.717, 1.165) is 26.9 Å². The maximum atomic E-state index is 14.2. The number of hydrogen-bond donors (Lipinski definition) is 1. The van der Waals surface area contributed by atoms with E-state index >= 15 is 0 Å². The number of halogens is 2. The van der Waals surface area contributed by atoms with Crippen molar-refractivity contribution in [2.75, 3.05) is 0 Å². The molecule has 6 nitrogen and oxygen atoms in total. The summed E-state index contributed by atoms with van der Waals surface area (Å²) in [4.78, 5) is 26.3. The van der Waals surface area contributed by atoms with Crippen LogP contribution < -0.4 is 17.0 Å². The third-order valence-electron chi connectivity index (χ3n) is 5.14. The number of aromatic nitrogens is 3. The summed E-state index contributed by atoms with van der Waals surface area (Å²) >= 11 is 0. The van der Waals surface area contributed by atoms with E-state index in [1.807, 2.05) is 6.07 Å². The van der Waals surface area contributed by atoms with Gasteiger partial charge in [-0.1, -0.05) is 66.7 Å². The van der Waals surface area contributed by atoms with Crippen LogP contribution in [0.1, 0.15) is 17.2 Å². The van der Waals surface area contributed by atoms with Gasteiger partial charge in [-0.05, 0) is 17.7 Å². The fraction of sp³-hybridized carbons (Fsp3) is 0.125. The van der Waals surface area contributed by atoms with Gasteiger partial charge in [0, 0.05) is 17.2 Å². The van der Waals surface area contributed by atoms with Crippen LogP contribution in [0.2, 0.25) is 0 Å². The van der Waals surface area contributed by atoms with Gasteiger partial charge < -0.3 is 5.73 Å². The summed E-state index contributed by atoms with van der Waals surface area (Å²) in [5.41, 5.74) is 5.71. The standard InChI is InChI=1S/C24H20F2N4O2/c25-19-12-7-13-20(26)18(19)14-30-24(32)29(15-21(27)16-8-3-1-4-9-16)23(31)22(28-30)17-10-5-2-6-11-17/h1-13,21H,14-15,27H2/t21-/m0/s1. The quantitative estimate of drug-likeness (QED) is 0.506. The third kappa shape index (κ3) is 4.26. The molecule has 3 aromatic carbocycles. The Bertz CT molecular complexity index is 1330.